The van der Waals surface area contributed by atoms with Crippen LogP contribution in [0.1, 0.15) is 44.4 Å². The third-order valence-corrected chi connectivity index (χ3v) is 15.2. The molecule has 6 nitrogen and oxygen atoms in total. The van der Waals surface area contributed by atoms with Crippen LogP contribution in [0.2, 0.25) is 0 Å². The highest BCUT2D eigenvalue weighted by atomic mass is 28.3. The van der Waals surface area contributed by atoms with Crippen LogP contribution in [0.3, 0.4) is 0 Å². The number of rotatable bonds is 10. The van der Waals surface area contributed by atoms with Crippen molar-refractivity contribution < 1.29 is 28.4 Å². The average molecular weight is 603 g/mol. The van der Waals surface area contributed by atoms with Gasteiger partial charge in [0.1, 0.15) is 34.5 Å². The first-order valence-electron chi connectivity index (χ1n) is 14.5. The topological polar surface area (TPSA) is 55.4 Å². The van der Waals surface area contributed by atoms with E-state index in [1.54, 1.807) is 42.7 Å². The van der Waals surface area contributed by atoms with Crippen molar-refractivity contribution in [3.8, 4) is 34.5 Å². The van der Waals surface area contributed by atoms with Gasteiger partial charge in [-0.1, -0.05) is 23.3 Å². The molecule has 1 unspecified atom stereocenters. The van der Waals surface area contributed by atoms with Crippen LogP contribution < -0.4 is 44.0 Å². The molecule has 43 heavy (non-hydrogen) atoms. The lowest BCUT2D eigenvalue weighted by Crippen LogP contribution is -2.71. The van der Waals surface area contributed by atoms with Crippen LogP contribution in [-0.4, -0.2) is 50.7 Å². The van der Waals surface area contributed by atoms with Crippen molar-refractivity contribution >= 4 is 23.6 Å². The highest BCUT2D eigenvalue weighted by molar-refractivity contribution is 7.17. The predicted molar refractivity (Wildman–Crippen MR) is 178 cm³/mol. The van der Waals surface area contributed by atoms with Crippen LogP contribution in [0.15, 0.2) is 58.3 Å². The van der Waals surface area contributed by atoms with Gasteiger partial charge < -0.3 is 28.4 Å². The molecule has 3 aromatic rings. The fourth-order valence-corrected chi connectivity index (χ4v) is 13.5. The van der Waals surface area contributed by atoms with E-state index in [0.717, 1.165) is 51.2 Å². The maximum Gasteiger partial charge on any atom is 0.178 e. The summed E-state index contributed by atoms with van der Waals surface area (Å²) in [5.74, 6) is 4.71. The summed E-state index contributed by atoms with van der Waals surface area (Å²) < 4.78 is 35.8. The molecule has 0 spiro atoms. The molecule has 0 aliphatic heterocycles. The molecule has 0 radical (unpaired) electrons. The van der Waals surface area contributed by atoms with Gasteiger partial charge in [-0.2, -0.15) is 0 Å². The molecule has 1 aliphatic rings. The van der Waals surface area contributed by atoms with Gasteiger partial charge in [0.25, 0.3) is 0 Å². The summed E-state index contributed by atoms with van der Waals surface area (Å²) in [5.41, 5.74) is 7.19. The zero-order valence-corrected chi connectivity index (χ0v) is 29.0. The summed E-state index contributed by atoms with van der Waals surface area (Å²) in [4.78, 5) is 0. The van der Waals surface area contributed by atoms with E-state index in [-0.39, 0.29) is 5.92 Å². The van der Waals surface area contributed by atoms with Crippen molar-refractivity contribution in [1.82, 2.24) is 0 Å². The molecule has 1 aliphatic carbocycles. The van der Waals surface area contributed by atoms with Gasteiger partial charge in [-0.05, 0) is 103 Å². The van der Waals surface area contributed by atoms with E-state index >= 15 is 0 Å². The van der Waals surface area contributed by atoms with E-state index in [9.17, 15) is 0 Å². The monoisotopic (exact) mass is 602 g/mol. The van der Waals surface area contributed by atoms with Crippen LogP contribution in [-0.2, 0) is 0 Å². The van der Waals surface area contributed by atoms with Crippen LogP contribution in [0.25, 0.3) is 0 Å². The Morgan fingerprint density at radius 2 is 0.791 bits per heavy atom. The number of methoxy groups -OCH3 is 6. The Morgan fingerprint density at radius 1 is 0.465 bits per heavy atom. The van der Waals surface area contributed by atoms with Gasteiger partial charge in [-0.3, -0.25) is 0 Å². The van der Waals surface area contributed by atoms with Gasteiger partial charge in [-0.15, -0.1) is 0 Å². The molecule has 0 N–H and O–H groups in total. The van der Waals surface area contributed by atoms with E-state index in [1.165, 1.54) is 37.5 Å². The van der Waals surface area contributed by atoms with Crippen molar-refractivity contribution in [2.24, 2.45) is 5.92 Å². The molecule has 7 heteroatoms. The number of allylic oxidation sites excluding steroid dienone is 4. The Hall–Kier alpha value is -3.84. The second kappa shape index (κ2) is 12.4. The van der Waals surface area contributed by atoms with Crippen molar-refractivity contribution in [2.75, 3.05) is 42.7 Å². The predicted octanol–water partition coefficient (Wildman–Crippen LogP) is 5.98. The van der Waals surface area contributed by atoms with E-state index in [2.05, 4.69) is 66.7 Å². The summed E-state index contributed by atoms with van der Waals surface area (Å²) in [5, 5.41) is 4.91. The zero-order chi connectivity index (χ0) is 31.8. The molecular formula is C36H46O6Si. The van der Waals surface area contributed by atoms with Gasteiger partial charge in [-0.25, -0.2) is 0 Å². The number of benzene rings is 3. The van der Waals surface area contributed by atoms with E-state index in [1.807, 2.05) is 18.2 Å². The number of hydrogen-bond donors (Lipinski definition) is 0. The molecule has 0 amide bonds. The maximum absolute atomic E-state index is 6.01. The van der Waals surface area contributed by atoms with Crippen LogP contribution in [0.5, 0.6) is 34.5 Å². The lowest BCUT2D eigenvalue weighted by atomic mass is 10.1. The summed E-state index contributed by atoms with van der Waals surface area (Å²) >= 11 is 0. The van der Waals surface area contributed by atoms with Crippen molar-refractivity contribution in [2.45, 2.75) is 48.5 Å². The van der Waals surface area contributed by atoms with Crippen LogP contribution in [0.4, 0.5) is 0 Å². The Labute approximate surface area is 258 Å². The first-order valence-corrected chi connectivity index (χ1v) is 16.5. The Bertz CT molecular complexity index is 1470. The maximum atomic E-state index is 6.01. The quantitative estimate of drug-likeness (QED) is 0.210. The Kier molecular flexibility index (Phi) is 9.26. The molecule has 230 valence electrons. The first kappa shape index (κ1) is 32.1. The second-order valence-electron chi connectivity index (χ2n) is 11.3. The summed E-state index contributed by atoms with van der Waals surface area (Å²) in [6, 6.07) is 12.5. The molecule has 0 saturated heterocycles. The molecule has 0 saturated carbocycles. The molecular weight excluding hydrogens is 556 g/mol. The molecule has 0 aromatic heterocycles. The lowest BCUT2D eigenvalue weighted by molar-refractivity contribution is 0.393. The first-order chi connectivity index (χ1) is 20.5. The van der Waals surface area contributed by atoms with E-state index < -0.39 is 8.07 Å². The highest BCUT2D eigenvalue weighted by Crippen LogP contribution is 2.44. The lowest BCUT2D eigenvalue weighted by Gasteiger charge is -2.42. The van der Waals surface area contributed by atoms with E-state index in [0.29, 0.717) is 0 Å². The van der Waals surface area contributed by atoms with Crippen molar-refractivity contribution in [1.29, 1.82) is 0 Å². The fourth-order valence-electron chi connectivity index (χ4n) is 6.99. The SMILES string of the molecule is COc1cc(OC)c(C)c([Si](C2=C(C)C(C)=C(C)C2C)(c2cc(OC)cc(OC)c2C)c2cc(OC)cc(OC)c2C)c1. The van der Waals surface area contributed by atoms with Gasteiger partial charge in [0.05, 0.1) is 42.7 Å². The molecule has 0 heterocycles. The molecule has 3 aromatic carbocycles. The van der Waals surface area contributed by atoms with Crippen LogP contribution >= 0.6 is 0 Å². The largest absolute Gasteiger partial charge is 0.497 e. The third-order valence-electron chi connectivity index (χ3n) is 9.62. The van der Waals surface area contributed by atoms with Crippen LogP contribution in [0, 0.1) is 26.7 Å². The Balaban J connectivity index is 2.46. The highest BCUT2D eigenvalue weighted by Gasteiger charge is 2.52. The standard InChI is InChI=1S/C36H46O6Si/c1-20-21(2)23(4)36(22(20)3)43(33-17-27(37-8)14-30(40-11)24(33)5,34-18-28(38-9)15-31(41-12)25(34)6)35-19-29(39-10)16-32(42-13)26(35)7/h14-19,22H,1-13H3. The zero-order valence-electron chi connectivity index (χ0n) is 28.0. The second-order valence-corrected chi connectivity index (χ2v) is 15.0. The van der Waals surface area contributed by atoms with Crippen molar-refractivity contribution in [3.63, 3.8) is 0 Å². The summed E-state index contributed by atoms with van der Waals surface area (Å²) in [6.07, 6.45) is 0. The summed E-state index contributed by atoms with van der Waals surface area (Å²) in [7, 11) is 6.99. The number of hydrogen-bond acceptors (Lipinski definition) is 6. The molecule has 0 bridgehead atoms. The number of ether oxygens (including phenoxy) is 6. The van der Waals surface area contributed by atoms with E-state index in [4.69, 9.17) is 28.4 Å². The minimum absolute atomic E-state index is 0.177. The third kappa shape index (κ3) is 4.97. The minimum Gasteiger partial charge on any atom is -0.497 e. The molecule has 1 atom stereocenters. The average Bonchev–Trinajstić information content (AvgIpc) is 3.21. The van der Waals surface area contributed by atoms with Crippen molar-refractivity contribution in [3.05, 3.63) is 75.0 Å². The minimum atomic E-state index is -3.26. The van der Waals surface area contributed by atoms with Gasteiger partial charge in [0, 0.05) is 18.2 Å². The van der Waals surface area contributed by atoms with Gasteiger partial charge in [0.15, 0.2) is 8.07 Å². The molecule has 4 rings (SSSR count). The summed E-state index contributed by atoms with van der Waals surface area (Å²) in [6.45, 7) is 15.5. The smallest absolute Gasteiger partial charge is 0.178 e. The van der Waals surface area contributed by atoms with Gasteiger partial charge in [0.2, 0.25) is 0 Å². The fraction of sp³-hybridized carbons (Fsp3) is 0.389. The molecule has 0 fully saturated rings. The van der Waals surface area contributed by atoms with Gasteiger partial charge >= 0.3 is 0 Å². The normalized spacial score (nSPS) is 15.1. The Morgan fingerprint density at radius 3 is 1.02 bits per heavy atom.